The van der Waals surface area contributed by atoms with Gasteiger partial charge in [0.15, 0.2) is 0 Å². The first-order valence-electron chi connectivity index (χ1n) is 9.43. The van der Waals surface area contributed by atoms with E-state index in [2.05, 4.69) is 9.88 Å². The summed E-state index contributed by atoms with van der Waals surface area (Å²) in [4.78, 5) is 34.0. The van der Waals surface area contributed by atoms with Crippen LogP contribution in [0, 0.1) is 0 Å². The number of rotatable bonds is 3. The van der Waals surface area contributed by atoms with Gasteiger partial charge in [-0.15, -0.1) is 0 Å². The number of anilines is 1. The van der Waals surface area contributed by atoms with Gasteiger partial charge in [-0.2, -0.15) is 0 Å². The van der Waals surface area contributed by atoms with Crippen LogP contribution in [0.5, 0.6) is 5.75 Å². The predicted octanol–water partition coefficient (Wildman–Crippen LogP) is 1.92. The topological polar surface area (TPSA) is 79.9 Å². The molecule has 0 aliphatic carbocycles. The molecule has 27 heavy (non-hydrogen) atoms. The van der Waals surface area contributed by atoms with Gasteiger partial charge >= 0.3 is 0 Å². The van der Waals surface area contributed by atoms with Crippen molar-refractivity contribution in [2.75, 3.05) is 44.2 Å². The standard InChI is InChI=1S/C20H24N4O3/c25-17-5-3-4-16(13-17)22-8-10-24(11-9-22)19(26)15-12-18(21-14-15)20(27)23-6-1-2-7-23/h3-5,12-14,21,25H,1-2,6-11H2. The van der Waals surface area contributed by atoms with Crippen molar-refractivity contribution in [2.45, 2.75) is 12.8 Å². The zero-order chi connectivity index (χ0) is 18.8. The number of nitrogens with zero attached hydrogens (tertiary/aromatic N) is 3. The van der Waals surface area contributed by atoms with E-state index in [-0.39, 0.29) is 17.6 Å². The van der Waals surface area contributed by atoms with Crippen LogP contribution in [0.25, 0.3) is 0 Å². The Hall–Kier alpha value is -2.96. The largest absolute Gasteiger partial charge is 0.508 e. The normalized spacial score (nSPS) is 17.4. The van der Waals surface area contributed by atoms with Crippen LogP contribution in [-0.4, -0.2) is 71.0 Å². The number of amides is 2. The van der Waals surface area contributed by atoms with Crippen LogP contribution < -0.4 is 4.90 Å². The molecule has 1 aromatic carbocycles. The molecule has 2 fully saturated rings. The number of carbonyl (C=O) groups is 2. The van der Waals surface area contributed by atoms with E-state index in [1.54, 1.807) is 24.4 Å². The maximum absolute atomic E-state index is 12.8. The minimum atomic E-state index is -0.0534. The fraction of sp³-hybridized carbons (Fsp3) is 0.400. The van der Waals surface area contributed by atoms with Crippen molar-refractivity contribution in [3.8, 4) is 5.75 Å². The van der Waals surface area contributed by atoms with E-state index in [0.29, 0.717) is 37.4 Å². The lowest BCUT2D eigenvalue weighted by Gasteiger charge is -2.36. The second-order valence-corrected chi connectivity index (χ2v) is 7.10. The van der Waals surface area contributed by atoms with Crippen LogP contribution in [0.3, 0.4) is 0 Å². The molecule has 0 atom stereocenters. The van der Waals surface area contributed by atoms with Gasteiger partial charge in [-0.3, -0.25) is 9.59 Å². The highest BCUT2D eigenvalue weighted by Gasteiger charge is 2.25. The second kappa shape index (κ2) is 7.34. The van der Waals surface area contributed by atoms with Gasteiger partial charge in [0.1, 0.15) is 11.4 Å². The molecule has 7 nitrogen and oxygen atoms in total. The van der Waals surface area contributed by atoms with Crippen LogP contribution in [0.1, 0.15) is 33.7 Å². The number of likely N-dealkylation sites (tertiary alicyclic amines) is 1. The fourth-order valence-corrected chi connectivity index (χ4v) is 3.77. The van der Waals surface area contributed by atoms with Gasteiger partial charge in [-0.05, 0) is 31.0 Å². The molecule has 2 N–H and O–H groups in total. The SMILES string of the molecule is O=C(c1c[nH]c(C(=O)N2CCCC2)c1)N1CCN(c2cccc(O)c2)CC1. The summed E-state index contributed by atoms with van der Waals surface area (Å²) in [6.07, 6.45) is 3.72. The minimum Gasteiger partial charge on any atom is -0.508 e. The Morgan fingerprint density at radius 1 is 0.889 bits per heavy atom. The van der Waals surface area contributed by atoms with Crippen LogP contribution in [-0.2, 0) is 0 Å². The highest BCUT2D eigenvalue weighted by molar-refractivity contribution is 5.99. The molecule has 2 aliphatic heterocycles. The number of H-pyrrole nitrogens is 1. The van der Waals surface area contributed by atoms with Crippen molar-refractivity contribution in [1.29, 1.82) is 0 Å². The first-order chi connectivity index (χ1) is 13.1. The Labute approximate surface area is 158 Å². The summed E-state index contributed by atoms with van der Waals surface area (Å²) in [5, 5.41) is 9.63. The van der Waals surface area contributed by atoms with Crippen molar-refractivity contribution in [3.05, 3.63) is 47.8 Å². The van der Waals surface area contributed by atoms with Gasteiger partial charge in [0.05, 0.1) is 5.56 Å². The number of hydrogen-bond acceptors (Lipinski definition) is 4. The number of carbonyl (C=O) groups excluding carboxylic acids is 2. The van der Waals surface area contributed by atoms with Crippen molar-refractivity contribution in [3.63, 3.8) is 0 Å². The first kappa shape index (κ1) is 17.5. The molecule has 2 aromatic rings. The summed E-state index contributed by atoms with van der Waals surface area (Å²) in [5.74, 6) is 0.163. The Kier molecular flexibility index (Phi) is 4.75. The maximum Gasteiger partial charge on any atom is 0.270 e. The molecule has 0 bridgehead atoms. The first-order valence-corrected chi connectivity index (χ1v) is 9.43. The van der Waals surface area contributed by atoms with Crippen molar-refractivity contribution in [1.82, 2.24) is 14.8 Å². The highest BCUT2D eigenvalue weighted by Crippen LogP contribution is 2.22. The van der Waals surface area contributed by atoms with Crippen molar-refractivity contribution >= 4 is 17.5 Å². The lowest BCUT2D eigenvalue weighted by Crippen LogP contribution is -2.48. The summed E-state index contributed by atoms with van der Waals surface area (Å²) in [7, 11) is 0. The third kappa shape index (κ3) is 3.63. The quantitative estimate of drug-likeness (QED) is 0.867. The van der Waals surface area contributed by atoms with Crippen LogP contribution in [0.2, 0.25) is 0 Å². The zero-order valence-corrected chi connectivity index (χ0v) is 15.2. The van der Waals surface area contributed by atoms with Gasteiger partial charge < -0.3 is 24.8 Å². The summed E-state index contributed by atoms with van der Waals surface area (Å²) in [5.41, 5.74) is 1.98. The van der Waals surface area contributed by atoms with E-state index >= 15 is 0 Å². The smallest absolute Gasteiger partial charge is 0.270 e. The number of benzene rings is 1. The number of aromatic hydroxyl groups is 1. The minimum absolute atomic E-state index is 0.0275. The van der Waals surface area contributed by atoms with E-state index in [0.717, 1.165) is 31.6 Å². The molecule has 1 aromatic heterocycles. The Morgan fingerprint density at radius 2 is 1.59 bits per heavy atom. The van der Waals surface area contributed by atoms with Crippen LogP contribution in [0.15, 0.2) is 36.5 Å². The lowest BCUT2D eigenvalue weighted by atomic mass is 10.2. The van der Waals surface area contributed by atoms with E-state index in [1.807, 2.05) is 21.9 Å². The monoisotopic (exact) mass is 368 g/mol. The summed E-state index contributed by atoms with van der Waals surface area (Å²) in [6.45, 7) is 4.21. The fourth-order valence-electron chi connectivity index (χ4n) is 3.77. The molecule has 0 saturated carbocycles. The summed E-state index contributed by atoms with van der Waals surface area (Å²) in [6, 6.07) is 8.83. The number of piperazine rings is 1. The maximum atomic E-state index is 12.8. The third-order valence-electron chi connectivity index (χ3n) is 5.32. The molecule has 7 heteroatoms. The highest BCUT2D eigenvalue weighted by atomic mass is 16.3. The predicted molar refractivity (Wildman–Crippen MR) is 102 cm³/mol. The summed E-state index contributed by atoms with van der Waals surface area (Å²) >= 11 is 0. The molecule has 0 spiro atoms. The van der Waals surface area contributed by atoms with Gasteiger partial charge in [0, 0.05) is 57.2 Å². The number of hydrogen-bond donors (Lipinski definition) is 2. The lowest BCUT2D eigenvalue weighted by molar-refractivity contribution is 0.0747. The molecule has 2 amide bonds. The molecular formula is C20H24N4O3. The molecule has 0 radical (unpaired) electrons. The Balaban J connectivity index is 1.37. The molecule has 0 unspecified atom stereocenters. The van der Waals surface area contributed by atoms with Crippen LogP contribution in [0.4, 0.5) is 5.69 Å². The number of aromatic nitrogens is 1. The van der Waals surface area contributed by atoms with Gasteiger partial charge in [0.2, 0.25) is 0 Å². The van der Waals surface area contributed by atoms with Gasteiger partial charge in [-0.25, -0.2) is 0 Å². The molecule has 4 rings (SSSR count). The average molecular weight is 368 g/mol. The molecule has 2 saturated heterocycles. The zero-order valence-electron chi connectivity index (χ0n) is 15.2. The summed E-state index contributed by atoms with van der Waals surface area (Å²) < 4.78 is 0. The number of phenols is 1. The third-order valence-corrected chi connectivity index (χ3v) is 5.32. The Morgan fingerprint density at radius 3 is 2.30 bits per heavy atom. The van der Waals surface area contributed by atoms with Gasteiger partial charge in [-0.1, -0.05) is 6.07 Å². The Bertz CT molecular complexity index is 833. The van der Waals surface area contributed by atoms with Gasteiger partial charge in [0.25, 0.3) is 11.8 Å². The van der Waals surface area contributed by atoms with E-state index in [1.165, 1.54) is 0 Å². The van der Waals surface area contributed by atoms with Crippen LogP contribution >= 0.6 is 0 Å². The molecule has 3 heterocycles. The van der Waals surface area contributed by atoms with E-state index in [9.17, 15) is 14.7 Å². The molecular weight excluding hydrogens is 344 g/mol. The average Bonchev–Trinajstić information content (AvgIpc) is 3.39. The van der Waals surface area contributed by atoms with E-state index < -0.39 is 0 Å². The molecule has 142 valence electrons. The van der Waals surface area contributed by atoms with Crippen molar-refractivity contribution in [2.24, 2.45) is 0 Å². The second-order valence-electron chi connectivity index (χ2n) is 7.10. The number of aromatic amines is 1. The number of nitrogens with one attached hydrogen (secondary N) is 1. The molecule has 2 aliphatic rings. The van der Waals surface area contributed by atoms with Crippen molar-refractivity contribution < 1.29 is 14.7 Å². The van der Waals surface area contributed by atoms with E-state index in [4.69, 9.17) is 0 Å². The number of phenolic OH excluding ortho intramolecular Hbond substituents is 1.